The van der Waals surface area contributed by atoms with Crippen molar-refractivity contribution < 1.29 is 9.36 Å². The predicted molar refractivity (Wildman–Crippen MR) is 74.4 cm³/mol. The fourth-order valence-corrected chi connectivity index (χ4v) is 2.84. The van der Waals surface area contributed by atoms with Crippen molar-refractivity contribution in [1.82, 2.24) is 10.1 Å². The predicted octanol–water partition coefficient (Wildman–Crippen LogP) is 1.81. The van der Waals surface area contributed by atoms with Gasteiger partial charge in [0, 0.05) is 24.7 Å². The molecule has 0 N–H and O–H groups in total. The van der Waals surface area contributed by atoms with Crippen LogP contribution in [0.3, 0.4) is 0 Å². The van der Waals surface area contributed by atoms with Crippen molar-refractivity contribution in [1.29, 1.82) is 5.26 Å². The van der Waals surface area contributed by atoms with Crippen LogP contribution in [0.15, 0.2) is 15.7 Å². The van der Waals surface area contributed by atoms with Crippen LogP contribution in [0, 0.1) is 23.2 Å². The van der Waals surface area contributed by atoms with Crippen LogP contribution in [0.5, 0.6) is 0 Å². The van der Waals surface area contributed by atoms with Crippen molar-refractivity contribution in [2.45, 2.75) is 19.4 Å². The fourth-order valence-electron chi connectivity index (χ4n) is 2.84. The molecule has 0 aliphatic carbocycles. The Morgan fingerprint density at radius 3 is 2.95 bits per heavy atom. The smallest absolute Gasteiger partial charge is 0.183 e. The second kappa shape index (κ2) is 6.73. The summed E-state index contributed by atoms with van der Waals surface area (Å²) in [6.07, 6.45) is 4.45. The summed E-state index contributed by atoms with van der Waals surface area (Å²) in [4.78, 5) is 7.67. The molecule has 108 valence electrons. The van der Waals surface area contributed by atoms with Gasteiger partial charge in [-0.25, -0.2) is 0 Å². The second-order valence-corrected chi connectivity index (χ2v) is 5.12. The molecule has 1 unspecified atom stereocenters. The van der Waals surface area contributed by atoms with Crippen LogP contribution < -0.4 is 0 Å². The van der Waals surface area contributed by atoms with Gasteiger partial charge in [-0.3, -0.25) is 0 Å². The van der Waals surface area contributed by atoms with E-state index in [9.17, 15) is 0 Å². The Hall–Kier alpha value is -1.58. The minimum absolute atomic E-state index is 0. The highest BCUT2D eigenvalue weighted by Crippen LogP contribution is 2.31. The van der Waals surface area contributed by atoms with E-state index in [1.165, 1.54) is 25.9 Å². The number of nitriles is 1. The van der Waals surface area contributed by atoms with Gasteiger partial charge in [0.05, 0.1) is 0 Å². The topological polar surface area (TPSA) is 74.7 Å². The minimum atomic E-state index is 0. The van der Waals surface area contributed by atoms with E-state index in [0.717, 1.165) is 12.5 Å². The maximum atomic E-state index is 8.61. The van der Waals surface area contributed by atoms with Gasteiger partial charge in [0.1, 0.15) is 6.07 Å². The van der Waals surface area contributed by atoms with Crippen LogP contribution in [0.4, 0.5) is 0 Å². The number of rotatable bonds is 4. The van der Waals surface area contributed by atoms with E-state index in [4.69, 9.17) is 14.6 Å². The van der Waals surface area contributed by atoms with Gasteiger partial charge in [0.15, 0.2) is 18.1 Å². The van der Waals surface area contributed by atoms with Gasteiger partial charge in [0.25, 0.3) is 0 Å². The van der Waals surface area contributed by atoms with E-state index < -0.39 is 0 Å². The van der Waals surface area contributed by atoms with E-state index in [1.54, 1.807) is 6.07 Å². The maximum Gasteiger partial charge on any atom is 0.183 e. The molecule has 3 fully saturated rings. The summed E-state index contributed by atoms with van der Waals surface area (Å²) < 4.78 is 4.92. The summed E-state index contributed by atoms with van der Waals surface area (Å²) in [6.45, 7) is 3.76. The molecular weight excluding hydrogens is 280 g/mol. The molecule has 1 aromatic heterocycles. The van der Waals surface area contributed by atoms with E-state index in [2.05, 4.69) is 15.2 Å². The van der Waals surface area contributed by atoms with Crippen LogP contribution >= 0.6 is 12.4 Å². The number of nitrogens with zero attached hydrogens (tertiary/aromatic N) is 4. The quantitative estimate of drug-likeness (QED) is 0.626. The van der Waals surface area contributed by atoms with E-state index in [0.29, 0.717) is 11.7 Å². The van der Waals surface area contributed by atoms with Gasteiger partial charge in [0.2, 0.25) is 0 Å². The first-order chi connectivity index (χ1) is 9.35. The number of aromatic nitrogens is 1. The molecule has 0 aromatic carbocycles. The number of halogens is 1. The van der Waals surface area contributed by atoms with Crippen molar-refractivity contribution in [3.8, 4) is 6.07 Å². The van der Waals surface area contributed by atoms with Crippen molar-refractivity contribution in [2.24, 2.45) is 17.0 Å². The maximum absolute atomic E-state index is 8.61. The molecule has 1 atom stereocenters. The molecule has 0 spiro atoms. The molecule has 1 aromatic rings. The van der Waals surface area contributed by atoms with Crippen LogP contribution in [0.25, 0.3) is 0 Å². The molecule has 2 bridgehead atoms. The van der Waals surface area contributed by atoms with Crippen molar-refractivity contribution >= 4 is 18.6 Å². The Balaban J connectivity index is 0.00000147. The third kappa shape index (κ3) is 3.30. The molecule has 6 nitrogen and oxygen atoms in total. The Labute approximate surface area is 123 Å². The molecule has 7 heteroatoms. The van der Waals surface area contributed by atoms with Gasteiger partial charge in [-0.05, 0) is 31.8 Å². The molecule has 0 saturated carbocycles. The van der Waals surface area contributed by atoms with E-state index in [-0.39, 0.29) is 24.7 Å². The highest BCUT2D eigenvalue weighted by Gasteiger charge is 2.33. The average Bonchev–Trinajstić information content (AvgIpc) is 2.93. The van der Waals surface area contributed by atoms with Crippen LogP contribution in [-0.2, 0) is 11.4 Å². The molecule has 4 heterocycles. The third-order valence-corrected chi connectivity index (χ3v) is 3.91. The summed E-state index contributed by atoms with van der Waals surface area (Å²) in [5.74, 6) is 1.78. The zero-order valence-corrected chi connectivity index (χ0v) is 11.9. The number of hydrogen-bond donors (Lipinski definition) is 0. The first kappa shape index (κ1) is 14.8. The Kier molecular flexibility index (Phi) is 4.99. The summed E-state index contributed by atoms with van der Waals surface area (Å²) >= 11 is 0. The SMILES string of the molecule is Cl.N#Cc1cc(CON=CC2CN3CCC2CC3)on1. The standard InChI is InChI=1S/C13H16N4O2.ClH/c14-6-12-5-13(19-16-12)9-18-15-7-11-8-17-3-1-10(11)2-4-17;/h5,7,10-11H,1-4,8-9H2;1H. The monoisotopic (exact) mass is 296 g/mol. The molecule has 0 radical (unpaired) electrons. The van der Waals surface area contributed by atoms with Crippen molar-refractivity contribution in [3.63, 3.8) is 0 Å². The number of hydrogen-bond acceptors (Lipinski definition) is 6. The zero-order valence-electron chi connectivity index (χ0n) is 11.1. The molecule has 3 saturated heterocycles. The lowest BCUT2D eigenvalue weighted by molar-refractivity contribution is 0.0762. The highest BCUT2D eigenvalue weighted by molar-refractivity contribution is 5.85. The van der Waals surface area contributed by atoms with Gasteiger partial charge in [-0.1, -0.05) is 10.3 Å². The van der Waals surface area contributed by atoms with Crippen LogP contribution in [0.1, 0.15) is 24.3 Å². The van der Waals surface area contributed by atoms with Gasteiger partial charge in [-0.2, -0.15) is 5.26 Å². The average molecular weight is 297 g/mol. The molecule has 0 amide bonds. The lowest BCUT2D eigenvalue weighted by Gasteiger charge is -2.43. The minimum Gasteiger partial charge on any atom is -0.388 e. The molecule has 3 aliphatic heterocycles. The van der Waals surface area contributed by atoms with Gasteiger partial charge in [-0.15, -0.1) is 12.4 Å². The van der Waals surface area contributed by atoms with Crippen molar-refractivity contribution in [2.75, 3.05) is 19.6 Å². The van der Waals surface area contributed by atoms with Crippen LogP contribution in [0.2, 0.25) is 0 Å². The lowest BCUT2D eigenvalue weighted by Crippen LogP contribution is -2.47. The third-order valence-electron chi connectivity index (χ3n) is 3.91. The highest BCUT2D eigenvalue weighted by atomic mass is 35.5. The molecular formula is C13H17ClN4O2. The van der Waals surface area contributed by atoms with E-state index >= 15 is 0 Å². The van der Waals surface area contributed by atoms with Crippen LogP contribution in [-0.4, -0.2) is 35.9 Å². The van der Waals surface area contributed by atoms with E-state index in [1.807, 2.05) is 12.3 Å². The summed E-state index contributed by atoms with van der Waals surface area (Å²) in [5, 5.41) is 16.2. The lowest BCUT2D eigenvalue weighted by atomic mass is 9.80. The summed E-state index contributed by atoms with van der Waals surface area (Å²) in [6, 6.07) is 3.46. The Bertz CT molecular complexity index is 503. The fraction of sp³-hybridized carbons (Fsp3) is 0.615. The summed E-state index contributed by atoms with van der Waals surface area (Å²) in [7, 11) is 0. The Morgan fingerprint density at radius 2 is 2.35 bits per heavy atom. The summed E-state index contributed by atoms with van der Waals surface area (Å²) in [5.41, 5.74) is 0.264. The van der Waals surface area contributed by atoms with Gasteiger partial charge >= 0.3 is 0 Å². The second-order valence-electron chi connectivity index (χ2n) is 5.12. The largest absolute Gasteiger partial charge is 0.388 e. The first-order valence-electron chi connectivity index (χ1n) is 6.58. The number of piperidine rings is 3. The first-order valence-corrected chi connectivity index (χ1v) is 6.58. The van der Waals surface area contributed by atoms with Gasteiger partial charge < -0.3 is 14.3 Å². The van der Waals surface area contributed by atoms with Crippen molar-refractivity contribution in [3.05, 3.63) is 17.5 Å². The molecule has 3 aliphatic rings. The normalized spacial score (nSPS) is 28.1. The number of oxime groups is 1. The molecule has 20 heavy (non-hydrogen) atoms. The zero-order chi connectivity index (χ0) is 13.1. The Morgan fingerprint density at radius 1 is 1.55 bits per heavy atom. The number of fused-ring (bicyclic) bond motifs is 3. The molecule has 4 rings (SSSR count).